The van der Waals surface area contributed by atoms with Gasteiger partial charge in [-0.05, 0) is 163 Å². The maximum Gasteiger partial charge on any atom is 0.340 e. The molecule has 12 nitrogen and oxygen atoms in total. The summed E-state index contributed by atoms with van der Waals surface area (Å²) in [4.78, 5) is 45.3. The Morgan fingerprint density at radius 1 is 0.795 bits per heavy atom. The highest BCUT2D eigenvalue weighted by Crippen LogP contribution is 2.58. The minimum absolute atomic E-state index is 0.00350. The van der Waals surface area contributed by atoms with E-state index in [0.29, 0.717) is 35.8 Å². The van der Waals surface area contributed by atoms with Crippen LogP contribution in [0.4, 0.5) is 0 Å². The molecule has 10 unspecified atom stereocenters. The summed E-state index contributed by atoms with van der Waals surface area (Å²) in [5.74, 6) is -1.60. The van der Waals surface area contributed by atoms with Gasteiger partial charge in [-0.25, -0.2) is 9.59 Å². The van der Waals surface area contributed by atoms with E-state index in [0.717, 1.165) is 42.4 Å². The molecule has 2 bridgehead atoms. The monoisotopic (exact) mass is 1050 g/mol. The minimum atomic E-state index is -1.38. The van der Waals surface area contributed by atoms with Crippen LogP contribution in [0.3, 0.4) is 0 Å². The molecule has 78 heavy (non-hydrogen) atoms. The molecule has 2 saturated carbocycles. The number of aliphatic hydroxyl groups is 4. The van der Waals surface area contributed by atoms with Gasteiger partial charge in [-0.1, -0.05) is 115 Å². The number of hydrogen-bond donors (Lipinski definition) is 4. The molecule has 6 aromatic rings. The number of carbonyl (C=O) groups is 2. The number of aliphatic hydroxyl groups excluding tert-OH is 4. The molecule has 6 aliphatic rings. The first-order valence-electron chi connectivity index (χ1n) is 27.9. The van der Waals surface area contributed by atoms with Gasteiger partial charge in [-0.2, -0.15) is 0 Å². The third-order valence-corrected chi connectivity index (χ3v) is 18.1. The van der Waals surface area contributed by atoms with Crippen molar-refractivity contribution in [2.45, 2.75) is 126 Å². The van der Waals surface area contributed by atoms with Gasteiger partial charge in [0.25, 0.3) is 0 Å². The third-order valence-electron chi connectivity index (χ3n) is 18.1. The number of allylic oxidation sites excluding steroid dienone is 1. The second-order valence-electron chi connectivity index (χ2n) is 22.6. The van der Waals surface area contributed by atoms with Crippen molar-refractivity contribution < 1.29 is 53.4 Å². The first-order valence-corrected chi connectivity index (χ1v) is 27.9. The Morgan fingerprint density at radius 2 is 1.59 bits per heavy atom. The van der Waals surface area contributed by atoms with Crippen LogP contribution < -0.4 is 10.4 Å². The summed E-state index contributed by atoms with van der Waals surface area (Å²) in [5.41, 5.74) is 7.31. The van der Waals surface area contributed by atoms with Crippen molar-refractivity contribution in [1.29, 1.82) is 0 Å². The van der Waals surface area contributed by atoms with E-state index in [4.69, 9.17) is 23.4 Å². The molecule has 1 aromatic heterocycles. The van der Waals surface area contributed by atoms with Crippen LogP contribution in [0.5, 0.6) is 5.75 Å². The zero-order valence-electron chi connectivity index (χ0n) is 44.5. The van der Waals surface area contributed by atoms with Crippen molar-refractivity contribution in [2.24, 2.45) is 17.8 Å². The van der Waals surface area contributed by atoms with Gasteiger partial charge >= 0.3 is 17.6 Å². The predicted octanol–water partition coefficient (Wildman–Crippen LogP) is 10.8. The molecule has 0 saturated heterocycles. The fourth-order valence-corrected chi connectivity index (χ4v) is 14.0. The number of aryl methyl sites for hydroxylation is 1. The smallest absolute Gasteiger partial charge is 0.340 e. The van der Waals surface area contributed by atoms with Gasteiger partial charge in [0.1, 0.15) is 23.7 Å². The lowest BCUT2D eigenvalue weighted by atomic mass is 9.68. The lowest BCUT2D eigenvalue weighted by Gasteiger charge is -2.48. The third kappa shape index (κ3) is 10.4. The minimum Gasteiger partial charge on any atom is -0.483 e. The van der Waals surface area contributed by atoms with Gasteiger partial charge < -0.3 is 43.8 Å². The summed E-state index contributed by atoms with van der Waals surface area (Å²) in [6.07, 6.45) is 7.25. The summed E-state index contributed by atoms with van der Waals surface area (Å²) < 4.78 is 32.9. The van der Waals surface area contributed by atoms with E-state index in [9.17, 15) is 25.2 Å². The van der Waals surface area contributed by atoms with Crippen molar-refractivity contribution in [1.82, 2.24) is 0 Å². The SMILES string of the molecule is CC(CO)=C1CCc2ccc(cc2)C2CCC(c3cccc(Cc4ccccc4)c3)CC2CC(=O)OC2c3c(ccc4c(CO)c(C(CCO)COCO)c(=O)oc34)OC(C)(C3CC4C=Cc5ccccc5C4C3)C2OC1=O. The van der Waals surface area contributed by atoms with Gasteiger partial charge in [-0.3, -0.25) is 4.79 Å². The Morgan fingerprint density at radius 3 is 2.37 bits per heavy atom. The van der Waals surface area contributed by atoms with Crippen LogP contribution in [0.1, 0.15) is 151 Å². The largest absolute Gasteiger partial charge is 0.483 e. The zero-order chi connectivity index (χ0) is 54.1. The molecular weight excluding hydrogens is 985 g/mol. The lowest BCUT2D eigenvalue weighted by molar-refractivity contribution is -0.199. The van der Waals surface area contributed by atoms with Crippen LogP contribution in [-0.2, 0) is 43.2 Å². The normalized spacial score (nSPS) is 26.8. The topological polar surface area (TPSA) is 182 Å². The van der Waals surface area contributed by atoms with Crippen molar-refractivity contribution >= 4 is 29.0 Å². The average molecular weight is 1060 g/mol. The molecule has 12 heteroatoms. The molecule has 10 atom stereocenters. The molecule has 3 aliphatic carbocycles. The number of rotatable bonds is 12. The molecule has 0 spiro atoms. The Labute approximate surface area is 455 Å². The molecule has 4 N–H and O–H groups in total. The second kappa shape index (κ2) is 23.0. The number of carbonyl (C=O) groups excluding carboxylic acids is 2. The number of esters is 2. The van der Waals surface area contributed by atoms with Gasteiger partial charge in [0.05, 0.1) is 25.4 Å². The van der Waals surface area contributed by atoms with Crippen molar-refractivity contribution in [3.63, 3.8) is 0 Å². The number of ether oxygens (including phenoxy) is 4. The van der Waals surface area contributed by atoms with Gasteiger partial charge in [0.15, 0.2) is 12.2 Å². The molecule has 5 aromatic carbocycles. The molecule has 0 radical (unpaired) electrons. The number of benzene rings is 5. The van der Waals surface area contributed by atoms with Crippen molar-refractivity contribution in [2.75, 3.05) is 26.6 Å². The summed E-state index contributed by atoms with van der Waals surface area (Å²) in [6.45, 7) is 1.60. The summed E-state index contributed by atoms with van der Waals surface area (Å²) in [7, 11) is 0. The standard InChI is InChI=1S/C66H70O12/c1-39(35-68)51-23-17-40-15-18-44(19-16-40)52-24-22-46(45-13-8-11-42(30-45)29-41-9-4-3-5-10-41)31-49(52)33-58(71)75-62-60-57(26-25-54-56(36-69)59(65(73)76-61(54)60)48(27-28-67)37-74-38-70)78-66(2,63(62)77-64(51)72)50-32-47-21-20-43-12-6-7-14-53(43)55(47)34-50/h3-16,18-21,25-26,30,46-50,52,55,62-63,67-70H,17,22-24,27-29,31-38H2,1-2H3. The van der Waals surface area contributed by atoms with E-state index in [-0.39, 0.29) is 103 Å². The van der Waals surface area contributed by atoms with E-state index in [1.807, 2.05) is 19.1 Å². The zero-order valence-corrected chi connectivity index (χ0v) is 44.5. The van der Waals surface area contributed by atoms with Crippen LogP contribution in [-0.4, -0.2) is 70.7 Å². The Bertz CT molecular complexity index is 3280. The molecule has 3 aliphatic heterocycles. The summed E-state index contributed by atoms with van der Waals surface area (Å²) in [5, 5.41) is 41.9. The molecule has 12 rings (SSSR count). The fourth-order valence-electron chi connectivity index (χ4n) is 14.0. The highest BCUT2D eigenvalue weighted by atomic mass is 16.6. The van der Waals surface area contributed by atoms with Crippen LogP contribution in [0.25, 0.3) is 17.0 Å². The van der Waals surface area contributed by atoms with Crippen molar-refractivity contribution in [3.8, 4) is 5.75 Å². The quantitative estimate of drug-likeness (QED) is 0.0395. The molecule has 2 fully saturated rings. The van der Waals surface area contributed by atoms with Crippen LogP contribution >= 0.6 is 0 Å². The molecule has 4 heterocycles. The van der Waals surface area contributed by atoms with Crippen molar-refractivity contribution in [3.05, 3.63) is 199 Å². The maximum atomic E-state index is 15.5. The first kappa shape index (κ1) is 53.3. The van der Waals surface area contributed by atoms with Crippen LogP contribution in [0.2, 0.25) is 0 Å². The first-order chi connectivity index (χ1) is 38.0. The van der Waals surface area contributed by atoms with E-state index >= 15 is 9.59 Å². The van der Waals surface area contributed by atoms with Crippen LogP contribution in [0, 0.1) is 17.8 Å². The van der Waals surface area contributed by atoms with Gasteiger partial charge in [0, 0.05) is 41.4 Å². The molecular formula is C66H70O12. The van der Waals surface area contributed by atoms with E-state index in [2.05, 4.69) is 103 Å². The molecule has 0 amide bonds. The Hall–Kier alpha value is -6.67. The summed E-state index contributed by atoms with van der Waals surface area (Å²) in [6, 6.07) is 39.6. The van der Waals surface area contributed by atoms with E-state index in [1.54, 1.807) is 19.1 Å². The summed E-state index contributed by atoms with van der Waals surface area (Å²) >= 11 is 0. The maximum absolute atomic E-state index is 15.5. The Kier molecular flexibility index (Phi) is 15.7. The van der Waals surface area contributed by atoms with E-state index < -0.39 is 54.7 Å². The fraction of sp³-hybridized carbons (Fsp3) is 0.409. The van der Waals surface area contributed by atoms with E-state index in [1.165, 1.54) is 22.3 Å². The van der Waals surface area contributed by atoms with Gasteiger partial charge in [-0.15, -0.1) is 0 Å². The highest BCUT2D eigenvalue weighted by Gasteiger charge is 2.59. The average Bonchev–Trinajstić information content (AvgIpc) is 4.08. The number of hydrogen-bond acceptors (Lipinski definition) is 12. The predicted molar refractivity (Wildman–Crippen MR) is 296 cm³/mol. The molecule has 406 valence electrons. The second-order valence-corrected chi connectivity index (χ2v) is 22.6. The lowest BCUT2D eigenvalue weighted by Crippen LogP contribution is -2.58. The Balaban J connectivity index is 1.05. The number of fused-ring (bicyclic) bond motifs is 14. The van der Waals surface area contributed by atoms with Crippen LogP contribution in [0.15, 0.2) is 142 Å². The highest BCUT2D eigenvalue weighted by molar-refractivity contribution is 5.90. The van der Waals surface area contributed by atoms with Gasteiger partial charge in [0.2, 0.25) is 0 Å².